The van der Waals surface area contributed by atoms with Gasteiger partial charge in [-0.25, -0.2) is 4.79 Å². The number of nitrogens with zero attached hydrogens (tertiary/aromatic N) is 2. The number of likely N-dealkylation sites (N-methyl/N-ethyl adjacent to an activating group) is 1. The number of carboxylic acids is 1. The third-order valence-corrected chi connectivity index (χ3v) is 5.13. The van der Waals surface area contributed by atoms with Crippen LogP contribution in [0.2, 0.25) is 5.02 Å². The smallest absolute Gasteiger partial charge is 0.341 e. The van der Waals surface area contributed by atoms with Gasteiger partial charge in [0.25, 0.3) is 0 Å². The Morgan fingerprint density at radius 3 is 2.88 bits per heavy atom. The van der Waals surface area contributed by atoms with E-state index in [1.165, 1.54) is 7.11 Å². The Balaban J connectivity index is 1.75. The van der Waals surface area contributed by atoms with E-state index in [4.69, 9.17) is 30.9 Å². The van der Waals surface area contributed by atoms with Crippen LogP contribution in [0.1, 0.15) is 5.56 Å². The molecule has 2 heterocycles. The number of aliphatic carboxylic acids is 1. The van der Waals surface area contributed by atoms with Gasteiger partial charge in [-0.15, -0.1) is 0 Å². The van der Waals surface area contributed by atoms with Crippen LogP contribution >= 0.6 is 11.6 Å². The highest BCUT2D eigenvalue weighted by Crippen LogP contribution is 2.37. The summed E-state index contributed by atoms with van der Waals surface area (Å²) in [7, 11) is 3.68. The van der Waals surface area contributed by atoms with Crippen molar-refractivity contribution in [3.05, 3.63) is 22.7 Å². The van der Waals surface area contributed by atoms with Gasteiger partial charge in [-0.05, 0) is 24.7 Å². The third-order valence-electron chi connectivity index (χ3n) is 4.85. The van der Waals surface area contributed by atoms with Crippen molar-refractivity contribution in [2.75, 3.05) is 53.6 Å². The first-order valence-corrected chi connectivity index (χ1v) is 9.05. The monoisotopic (exact) mass is 384 g/mol. The fourth-order valence-electron chi connectivity index (χ4n) is 3.67. The topological polar surface area (TPSA) is 71.5 Å². The van der Waals surface area contributed by atoms with E-state index in [0.29, 0.717) is 22.7 Å². The van der Waals surface area contributed by atoms with Gasteiger partial charge in [-0.2, -0.15) is 0 Å². The molecule has 1 aromatic carbocycles. The second-order valence-corrected chi connectivity index (χ2v) is 7.39. The molecule has 2 aliphatic rings. The molecule has 7 nitrogen and oxygen atoms in total. The van der Waals surface area contributed by atoms with Crippen molar-refractivity contribution in [3.63, 3.8) is 0 Å². The van der Waals surface area contributed by atoms with Crippen molar-refractivity contribution in [1.82, 2.24) is 9.80 Å². The van der Waals surface area contributed by atoms with Crippen molar-refractivity contribution < 1.29 is 24.1 Å². The predicted octanol–water partition coefficient (Wildman–Crippen LogP) is 1.57. The molecule has 0 spiro atoms. The molecule has 0 unspecified atom stereocenters. The van der Waals surface area contributed by atoms with Gasteiger partial charge in [0.2, 0.25) is 0 Å². The maximum atomic E-state index is 10.7. The number of hydrogen-bond donors (Lipinski definition) is 1. The molecule has 2 fully saturated rings. The first kappa shape index (κ1) is 19.2. The van der Waals surface area contributed by atoms with E-state index in [9.17, 15) is 4.79 Å². The minimum absolute atomic E-state index is 0.265. The predicted molar refractivity (Wildman–Crippen MR) is 97.1 cm³/mol. The maximum Gasteiger partial charge on any atom is 0.341 e. The minimum atomic E-state index is -1.06. The number of halogens is 1. The normalized spacial score (nSPS) is 24.1. The molecular formula is C18H25ClN2O5. The van der Waals surface area contributed by atoms with E-state index in [-0.39, 0.29) is 5.75 Å². The van der Waals surface area contributed by atoms with E-state index in [2.05, 4.69) is 16.8 Å². The summed E-state index contributed by atoms with van der Waals surface area (Å²) in [6.45, 7) is 4.79. The summed E-state index contributed by atoms with van der Waals surface area (Å²) in [6.07, 6.45) is 0. The maximum absolute atomic E-state index is 10.7. The van der Waals surface area contributed by atoms with Crippen LogP contribution in [-0.4, -0.2) is 80.5 Å². The lowest BCUT2D eigenvalue weighted by Gasteiger charge is -2.30. The fourth-order valence-corrected chi connectivity index (χ4v) is 3.96. The minimum Gasteiger partial charge on any atom is -0.493 e. The number of ether oxygens (including phenoxy) is 3. The van der Waals surface area contributed by atoms with Crippen molar-refractivity contribution in [2.45, 2.75) is 12.6 Å². The van der Waals surface area contributed by atoms with Crippen LogP contribution in [0.25, 0.3) is 0 Å². The molecule has 0 amide bonds. The molecule has 1 aromatic rings. The van der Waals surface area contributed by atoms with Gasteiger partial charge >= 0.3 is 5.97 Å². The second kappa shape index (κ2) is 8.43. The van der Waals surface area contributed by atoms with Crippen LogP contribution in [0.15, 0.2) is 12.1 Å². The summed E-state index contributed by atoms with van der Waals surface area (Å²) in [5.41, 5.74) is 1.01. The lowest BCUT2D eigenvalue weighted by atomic mass is 10.1. The summed E-state index contributed by atoms with van der Waals surface area (Å²) in [4.78, 5) is 15.5. The Kier molecular flexibility index (Phi) is 6.24. The molecule has 2 atom stereocenters. The number of methoxy groups -OCH3 is 1. The molecule has 26 heavy (non-hydrogen) atoms. The summed E-state index contributed by atoms with van der Waals surface area (Å²) in [5.74, 6) is 0.142. The van der Waals surface area contributed by atoms with E-state index in [0.717, 1.165) is 45.0 Å². The number of carboxylic acid groups (broad SMARTS) is 1. The Labute approximate surface area is 158 Å². The van der Waals surface area contributed by atoms with Crippen molar-refractivity contribution in [3.8, 4) is 11.5 Å². The highest BCUT2D eigenvalue weighted by Gasteiger charge is 2.31. The van der Waals surface area contributed by atoms with Gasteiger partial charge in [0, 0.05) is 38.1 Å². The van der Waals surface area contributed by atoms with Gasteiger partial charge in [-0.3, -0.25) is 9.80 Å². The zero-order chi connectivity index (χ0) is 18.7. The molecule has 0 aromatic heterocycles. The van der Waals surface area contributed by atoms with Crippen LogP contribution < -0.4 is 9.47 Å². The molecule has 0 radical (unpaired) electrons. The largest absolute Gasteiger partial charge is 0.493 e. The summed E-state index contributed by atoms with van der Waals surface area (Å²) in [6, 6.07) is 4.07. The molecule has 2 aliphatic heterocycles. The standard InChI is InChI=1S/C18H25ClN2O5/c1-20-5-13-7-21(8-14(20)10-25-9-13)6-12-3-15(19)18(16(4-12)24-2)26-11-17(22)23/h3-4,13-14H,5-11H2,1-2H3,(H,22,23)/t13-,14+/m1/s1. The Hall–Kier alpha value is -1.54. The molecule has 144 valence electrons. The van der Waals surface area contributed by atoms with E-state index in [1.54, 1.807) is 0 Å². The first-order chi connectivity index (χ1) is 12.5. The van der Waals surface area contributed by atoms with Gasteiger partial charge in [0.1, 0.15) is 0 Å². The van der Waals surface area contributed by atoms with Crippen molar-refractivity contribution in [1.29, 1.82) is 0 Å². The number of rotatable bonds is 6. The van der Waals surface area contributed by atoms with Crippen molar-refractivity contribution in [2.24, 2.45) is 5.92 Å². The summed E-state index contributed by atoms with van der Waals surface area (Å²) < 4.78 is 16.4. The highest BCUT2D eigenvalue weighted by molar-refractivity contribution is 6.32. The molecule has 1 N–H and O–H groups in total. The van der Waals surface area contributed by atoms with E-state index >= 15 is 0 Å². The average molecular weight is 385 g/mol. The van der Waals surface area contributed by atoms with Crippen LogP contribution in [0.4, 0.5) is 0 Å². The lowest BCUT2D eigenvalue weighted by molar-refractivity contribution is -0.139. The van der Waals surface area contributed by atoms with Crippen LogP contribution in [0.5, 0.6) is 11.5 Å². The molecule has 8 heteroatoms. The van der Waals surface area contributed by atoms with Crippen LogP contribution in [0, 0.1) is 5.92 Å². The second-order valence-electron chi connectivity index (χ2n) is 6.98. The lowest BCUT2D eigenvalue weighted by Crippen LogP contribution is -2.41. The zero-order valence-electron chi connectivity index (χ0n) is 15.1. The third kappa shape index (κ3) is 4.59. The molecule has 3 rings (SSSR count). The molecule has 2 saturated heterocycles. The molecular weight excluding hydrogens is 360 g/mol. The Morgan fingerprint density at radius 2 is 2.15 bits per heavy atom. The Morgan fingerprint density at radius 1 is 1.35 bits per heavy atom. The number of benzene rings is 1. The quantitative estimate of drug-likeness (QED) is 0.798. The first-order valence-electron chi connectivity index (χ1n) is 8.67. The zero-order valence-corrected chi connectivity index (χ0v) is 15.9. The van der Waals surface area contributed by atoms with Gasteiger partial charge in [-0.1, -0.05) is 11.6 Å². The average Bonchev–Trinajstić information content (AvgIpc) is 2.81. The number of hydrogen-bond acceptors (Lipinski definition) is 6. The van der Waals surface area contributed by atoms with Crippen molar-refractivity contribution >= 4 is 17.6 Å². The fraction of sp³-hybridized carbons (Fsp3) is 0.611. The van der Waals surface area contributed by atoms with E-state index in [1.807, 2.05) is 12.1 Å². The van der Waals surface area contributed by atoms with Crippen LogP contribution in [0.3, 0.4) is 0 Å². The molecule has 0 saturated carbocycles. The number of fused-ring (bicyclic) bond motifs is 3. The Bertz CT molecular complexity index is 657. The molecule has 0 aliphatic carbocycles. The van der Waals surface area contributed by atoms with Gasteiger partial charge in [0.15, 0.2) is 18.1 Å². The van der Waals surface area contributed by atoms with Gasteiger partial charge in [0.05, 0.1) is 25.3 Å². The van der Waals surface area contributed by atoms with Crippen LogP contribution in [-0.2, 0) is 16.1 Å². The summed E-state index contributed by atoms with van der Waals surface area (Å²) >= 11 is 6.32. The SMILES string of the molecule is COc1cc(CN2C[C@@H]3COC[C@H](C2)N(C)C3)cc(Cl)c1OCC(=O)O. The van der Waals surface area contributed by atoms with Gasteiger partial charge < -0.3 is 19.3 Å². The van der Waals surface area contributed by atoms with E-state index < -0.39 is 12.6 Å². The number of carbonyl (C=O) groups is 1. The molecule has 2 bridgehead atoms. The summed E-state index contributed by atoms with van der Waals surface area (Å²) in [5, 5.41) is 9.15. The highest BCUT2D eigenvalue weighted by atomic mass is 35.5.